The largest absolute Gasteiger partial charge is 0.394 e. The van der Waals surface area contributed by atoms with Gasteiger partial charge in [-0.15, -0.1) is 0 Å². The van der Waals surface area contributed by atoms with E-state index in [1.54, 1.807) is 6.92 Å². The Morgan fingerprint density at radius 3 is 2.95 bits per heavy atom. The number of H-pyrrole nitrogens is 1. The van der Waals surface area contributed by atoms with Crippen LogP contribution in [0.1, 0.15) is 18.2 Å². The lowest BCUT2D eigenvalue weighted by molar-refractivity contribution is -0.0781. The van der Waals surface area contributed by atoms with Crippen LogP contribution in [0.2, 0.25) is 0 Å². The molecule has 2 rings (SSSR count). The van der Waals surface area contributed by atoms with Crippen molar-refractivity contribution in [2.45, 2.75) is 37.8 Å². The zero-order valence-corrected chi connectivity index (χ0v) is 10.4. The molecule has 0 aromatic carbocycles. The summed E-state index contributed by atoms with van der Waals surface area (Å²) in [5, 5.41) is 18.5. The number of nitrogens with zero attached hydrogens (tertiary/aromatic N) is 1. The molecule has 1 saturated heterocycles. The molecule has 1 aromatic heterocycles. The lowest BCUT2D eigenvalue weighted by atomic mass is 10.1. The third kappa shape index (κ3) is 2.61. The highest BCUT2D eigenvalue weighted by Gasteiger charge is 2.38. The standard InChI is InChI=1S/C11H17N3O5/c1-5-3-14(11(18)13-10(5)17)8-2-6(12)9(19-8)7(16)4-15/h3,6-9,15-16H,2,4,12H2,1H3,(H,13,17,18)/t6-,7+,8+,9-/m0/s1. The molecule has 4 atom stereocenters. The molecule has 8 nitrogen and oxygen atoms in total. The molecule has 5 N–H and O–H groups in total. The molecule has 1 aromatic rings. The number of nitrogens with two attached hydrogens (primary N) is 1. The lowest BCUT2D eigenvalue weighted by Gasteiger charge is -2.20. The van der Waals surface area contributed by atoms with Crippen LogP contribution in [-0.4, -0.2) is 44.6 Å². The van der Waals surface area contributed by atoms with Gasteiger partial charge in [0.05, 0.1) is 6.61 Å². The van der Waals surface area contributed by atoms with Gasteiger partial charge < -0.3 is 20.7 Å². The number of hydrogen-bond donors (Lipinski definition) is 4. The first-order chi connectivity index (χ1) is 8.93. The van der Waals surface area contributed by atoms with E-state index in [1.165, 1.54) is 10.8 Å². The molecule has 19 heavy (non-hydrogen) atoms. The van der Waals surface area contributed by atoms with E-state index in [0.29, 0.717) is 12.0 Å². The maximum Gasteiger partial charge on any atom is 0.330 e. The van der Waals surface area contributed by atoms with Gasteiger partial charge >= 0.3 is 5.69 Å². The summed E-state index contributed by atoms with van der Waals surface area (Å²) in [7, 11) is 0. The smallest absolute Gasteiger partial charge is 0.330 e. The van der Waals surface area contributed by atoms with Crippen LogP contribution in [0.3, 0.4) is 0 Å². The SMILES string of the molecule is Cc1cn([C@H]2C[C@H](N)[C@@H]([C@H](O)CO)O2)c(=O)[nH]c1=O. The summed E-state index contributed by atoms with van der Waals surface area (Å²) < 4.78 is 6.73. The second-order valence-electron chi connectivity index (χ2n) is 4.68. The molecule has 0 bridgehead atoms. The van der Waals surface area contributed by atoms with E-state index >= 15 is 0 Å². The van der Waals surface area contributed by atoms with E-state index in [-0.39, 0.29) is 0 Å². The Bertz CT molecular complexity index is 566. The van der Waals surface area contributed by atoms with Crippen molar-refractivity contribution < 1.29 is 14.9 Å². The van der Waals surface area contributed by atoms with Crippen LogP contribution in [0, 0.1) is 6.92 Å². The van der Waals surface area contributed by atoms with Gasteiger partial charge in [-0.25, -0.2) is 4.79 Å². The molecule has 0 radical (unpaired) electrons. The second kappa shape index (κ2) is 5.25. The number of rotatable bonds is 3. The predicted molar refractivity (Wildman–Crippen MR) is 65.7 cm³/mol. The Hall–Kier alpha value is -1.48. The van der Waals surface area contributed by atoms with Crippen LogP contribution in [0.5, 0.6) is 0 Å². The Labute approximate surface area is 108 Å². The van der Waals surface area contributed by atoms with Crippen molar-refractivity contribution in [3.05, 3.63) is 32.6 Å². The monoisotopic (exact) mass is 271 g/mol. The van der Waals surface area contributed by atoms with E-state index in [0.717, 1.165) is 0 Å². The molecule has 2 heterocycles. The number of hydrogen-bond acceptors (Lipinski definition) is 6. The predicted octanol–water partition coefficient (Wildman–Crippen LogP) is -2.19. The van der Waals surface area contributed by atoms with Crippen LogP contribution in [-0.2, 0) is 4.74 Å². The summed E-state index contributed by atoms with van der Waals surface area (Å²) in [5.41, 5.74) is 5.16. The van der Waals surface area contributed by atoms with Gasteiger partial charge in [0.2, 0.25) is 0 Å². The summed E-state index contributed by atoms with van der Waals surface area (Å²) in [6.07, 6.45) is -0.794. The summed E-state index contributed by atoms with van der Waals surface area (Å²) in [6.45, 7) is 1.11. The molecule has 0 unspecified atom stereocenters. The Morgan fingerprint density at radius 1 is 1.63 bits per heavy atom. The van der Waals surface area contributed by atoms with Gasteiger partial charge in [0.15, 0.2) is 0 Å². The van der Waals surface area contributed by atoms with Gasteiger partial charge in [-0.3, -0.25) is 14.3 Å². The maximum absolute atomic E-state index is 11.7. The fraction of sp³-hybridized carbons (Fsp3) is 0.636. The van der Waals surface area contributed by atoms with E-state index in [9.17, 15) is 14.7 Å². The molecule has 0 spiro atoms. The number of aromatic amines is 1. The van der Waals surface area contributed by atoms with Crippen molar-refractivity contribution in [2.24, 2.45) is 5.73 Å². The fourth-order valence-electron chi connectivity index (χ4n) is 2.16. The quantitative estimate of drug-likeness (QED) is 0.494. The minimum Gasteiger partial charge on any atom is -0.394 e. The number of aliphatic hydroxyl groups excluding tert-OH is 2. The van der Waals surface area contributed by atoms with E-state index < -0.39 is 42.3 Å². The van der Waals surface area contributed by atoms with Crippen LogP contribution in [0.4, 0.5) is 0 Å². The van der Waals surface area contributed by atoms with Gasteiger partial charge in [0, 0.05) is 24.2 Å². The molecule has 106 valence electrons. The first-order valence-electron chi connectivity index (χ1n) is 5.96. The highest BCUT2D eigenvalue weighted by molar-refractivity contribution is 5.02. The number of ether oxygens (including phenoxy) is 1. The molecule has 8 heteroatoms. The normalized spacial score (nSPS) is 28.5. The maximum atomic E-state index is 11.7. The van der Waals surface area contributed by atoms with Crippen LogP contribution >= 0.6 is 0 Å². The van der Waals surface area contributed by atoms with Gasteiger partial charge in [0.25, 0.3) is 5.56 Å². The summed E-state index contributed by atoms with van der Waals surface area (Å²) in [4.78, 5) is 25.2. The Morgan fingerprint density at radius 2 is 2.32 bits per heavy atom. The molecular weight excluding hydrogens is 254 g/mol. The molecular formula is C11H17N3O5. The highest BCUT2D eigenvalue weighted by Crippen LogP contribution is 2.28. The molecule has 0 saturated carbocycles. The first kappa shape index (κ1) is 13.9. The van der Waals surface area contributed by atoms with Gasteiger partial charge in [-0.1, -0.05) is 0 Å². The van der Waals surface area contributed by atoms with Crippen molar-refractivity contribution in [3.8, 4) is 0 Å². The second-order valence-corrected chi connectivity index (χ2v) is 4.68. The topological polar surface area (TPSA) is 131 Å². The molecule has 0 aliphatic carbocycles. The minimum absolute atomic E-state index is 0.313. The zero-order chi connectivity index (χ0) is 14.2. The average molecular weight is 271 g/mol. The lowest BCUT2D eigenvalue weighted by Crippen LogP contribution is -2.41. The van der Waals surface area contributed by atoms with Gasteiger partial charge in [-0.2, -0.15) is 0 Å². The van der Waals surface area contributed by atoms with Gasteiger partial charge in [-0.05, 0) is 6.92 Å². The third-order valence-electron chi connectivity index (χ3n) is 3.23. The van der Waals surface area contributed by atoms with Crippen molar-refractivity contribution >= 4 is 0 Å². The summed E-state index contributed by atoms with van der Waals surface area (Å²) >= 11 is 0. The molecule has 1 aliphatic heterocycles. The van der Waals surface area contributed by atoms with Crippen LogP contribution < -0.4 is 17.0 Å². The zero-order valence-electron chi connectivity index (χ0n) is 10.4. The molecule has 1 aliphatic rings. The van der Waals surface area contributed by atoms with Crippen LogP contribution in [0.25, 0.3) is 0 Å². The highest BCUT2D eigenvalue weighted by atomic mass is 16.5. The van der Waals surface area contributed by atoms with E-state index in [4.69, 9.17) is 15.6 Å². The fourth-order valence-corrected chi connectivity index (χ4v) is 2.16. The van der Waals surface area contributed by atoms with Crippen molar-refractivity contribution in [3.63, 3.8) is 0 Å². The number of nitrogens with one attached hydrogen (secondary N) is 1. The minimum atomic E-state index is -1.10. The van der Waals surface area contributed by atoms with Crippen molar-refractivity contribution in [1.82, 2.24) is 9.55 Å². The number of aromatic nitrogens is 2. The van der Waals surface area contributed by atoms with Gasteiger partial charge in [0.1, 0.15) is 18.4 Å². The van der Waals surface area contributed by atoms with Crippen LogP contribution in [0.15, 0.2) is 15.8 Å². The summed E-state index contributed by atoms with van der Waals surface area (Å²) in [6, 6.07) is -0.494. The number of aryl methyl sites for hydroxylation is 1. The van der Waals surface area contributed by atoms with Crippen molar-refractivity contribution in [1.29, 1.82) is 0 Å². The van der Waals surface area contributed by atoms with Crippen molar-refractivity contribution in [2.75, 3.05) is 6.61 Å². The first-order valence-corrected chi connectivity index (χ1v) is 5.96. The Balaban J connectivity index is 2.28. The molecule has 1 fully saturated rings. The third-order valence-corrected chi connectivity index (χ3v) is 3.23. The van der Waals surface area contributed by atoms with E-state index in [1.807, 2.05) is 0 Å². The Kier molecular flexibility index (Phi) is 3.85. The van der Waals surface area contributed by atoms with E-state index in [2.05, 4.69) is 4.98 Å². The molecule has 0 amide bonds. The number of aliphatic hydroxyl groups is 2. The summed E-state index contributed by atoms with van der Waals surface area (Å²) in [5.74, 6) is 0. The average Bonchev–Trinajstić information content (AvgIpc) is 2.75.